The minimum absolute atomic E-state index is 0.439. The summed E-state index contributed by atoms with van der Waals surface area (Å²) < 4.78 is 0. The Hall–Kier alpha value is -1.87. The van der Waals surface area contributed by atoms with Crippen LogP contribution < -0.4 is 16.5 Å². The first kappa shape index (κ1) is 15.2. The van der Waals surface area contributed by atoms with Crippen LogP contribution in [0.25, 0.3) is 0 Å². The van der Waals surface area contributed by atoms with Crippen molar-refractivity contribution in [3.8, 4) is 0 Å². The molecule has 1 fully saturated rings. The summed E-state index contributed by atoms with van der Waals surface area (Å²) in [4.78, 5) is 35.2. The number of nitrogens with zero attached hydrogens (tertiary/aromatic N) is 2. The van der Waals surface area contributed by atoms with Crippen molar-refractivity contribution in [2.24, 2.45) is 5.73 Å². The van der Waals surface area contributed by atoms with Crippen LogP contribution in [0.1, 0.15) is 6.42 Å². The third-order valence-corrected chi connectivity index (χ3v) is 2.77. The number of nitrogens with two attached hydrogens (primary N) is 1. The molecule has 0 unspecified atom stereocenters. The summed E-state index contributed by atoms with van der Waals surface area (Å²) in [6.45, 7) is 2.92. The van der Waals surface area contributed by atoms with E-state index in [1.54, 1.807) is 5.01 Å². The summed E-state index contributed by atoms with van der Waals surface area (Å²) in [7, 11) is 1.98. The van der Waals surface area contributed by atoms with Gasteiger partial charge in [0.2, 0.25) is 5.91 Å². The standard InChI is InChI=1S/C10H19N5O4/c1-14-2-4-15(5-3-14)13-10(19)12-7(9(17)18)6-8(11)16/h7H,2-6H2,1H3,(H2,11,16)(H,17,18)(H2,12,13,19)/t7-/m0/s1. The lowest BCUT2D eigenvalue weighted by Gasteiger charge is -2.32. The minimum Gasteiger partial charge on any atom is -0.480 e. The maximum atomic E-state index is 11.6. The molecule has 1 rings (SSSR count). The summed E-state index contributed by atoms with van der Waals surface area (Å²) in [6.07, 6.45) is -0.439. The van der Waals surface area contributed by atoms with Gasteiger partial charge in [0, 0.05) is 26.2 Å². The van der Waals surface area contributed by atoms with Crippen LogP contribution in [-0.2, 0) is 9.59 Å². The van der Waals surface area contributed by atoms with Crippen molar-refractivity contribution in [3.63, 3.8) is 0 Å². The molecule has 3 amide bonds. The maximum absolute atomic E-state index is 11.6. The van der Waals surface area contributed by atoms with Gasteiger partial charge in [-0.15, -0.1) is 0 Å². The number of carbonyl (C=O) groups excluding carboxylic acids is 2. The van der Waals surface area contributed by atoms with Gasteiger partial charge in [0.05, 0.1) is 6.42 Å². The third kappa shape index (κ3) is 5.53. The van der Waals surface area contributed by atoms with Gasteiger partial charge in [0.15, 0.2) is 0 Å². The van der Waals surface area contributed by atoms with E-state index in [2.05, 4.69) is 15.6 Å². The number of nitrogens with one attached hydrogen (secondary N) is 2. The molecule has 0 aromatic heterocycles. The molecule has 0 bridgehead atoms. The van der Waals surface area contributed by atoms with Crippen LogP contribution in [0.4, 0.5) is 4.79 Å². The van der Waals surface area contributed by atoms with Crippen molar-refractivity contribution < 1.29 is 19.5 Å². The van der Waals surface area contributed by atoms with Crippen molar-refractivity contribution in [1.29, 1.82) is 0 Å². The Bertz CT molecular complexity index is 354. The van der Waals surface area contributed by atoms with Gasteiger partial charge >= 0.3 is 12.0 Å². The fourth-order valence-corrected chi connectivity index (χ4v) is 1.65. The molecule has 1 aliphatic rings. The van der Waals surface area contributed by atoms with Gasteiger partial charge in [0.1, 0.15) is 6.04 Å². The SMILES string of the molecule is CN1CCN(NC(=O)N[C@@H](CC(N)=O)C(=O)O)CC1. The molecule has 0 aromatic carbocycles. The van der Waals surface area contributed by atoms with Crippen LogP contribution in [0, 0.1) is 0 Å². The number of carboxylic acids is 1. The Balaban J connectivity index is 2.40. The second kappa shape index (κ2) is 6.90. The quantitative estimate of drug-likeness (QED) is 0.449. The molecule has 9 heteroatoms. The van der Waals surface area contributed by atoms with Crippen molar-refractivity contribution in [2.45, 2.75) is 12.5 Å². The van der Waals surface area contributed by atoms with Gasteiger partial charge in [-0.25, -0.2) is 14.6 Å². The highest BCUT2D eigenvalue weighted by atomic mass is 16.4. The summed E-state index contributed by atoms with van der Waals surface area (Å²) in [5, 5.41) is 12.7. The number of amides is 3. The third-order valence-electron chi connectivity index (χ3n) is 2.77. The average molecular weight is 273 g/mol. The molecule has 0 aromatic rings. The number of likely N-dealkylation sites (N-methyl/N-ethyl adjacent to an activating group) is 1. The van der Waals surface area contributed by atoms with Crippen LogP contribution in [0.15, 0.2) is 0 Å². The number of carboxylic acid groups (broad SMARTS) is 1. The van der Waals surface area contributed by atoms with E-state index in [9.17, 15) is 14.4 Å². The zero-order valence-electron chi connectivity index (χ0n) is 10.8. The second-order valence-electron chi connectivity index (χ2n) is 4.44. The topological polar surface area (TPSA) is 128 Å². The van der Waals surface area contributed by atoms with Crippen molar-refractivity contribution in [2.75, 3.05) is 33.2 Å². The minimum atomic E-state index is -1.31. The van der Waals surface area contributed by atoms with E-state index in [-0.39, 0.29) is 0 Å². The molecule has 1 saturated heterocycles. The van der Waals surface area contributed by atoms with E-state index in [1.165, 1.54) is 0 Å². The van der Waals surface area contributed by atoms with E-state index < -0.39 is 30.4 Å². The highest BCUT2D eigenvalue weighted by Crippen LogP contribution is 1.96. The predicted octanol–water partition coefficient (Wildman–Crippen LogP) is -2.22. The van der Waals surface area contributed by atoms with Crippen molar-refractivity contribution >= 4 is 17.9 Å². The number of hydrogen-bond acceptors (Lipinski definition) is 5. The Morgan fingerprint density at radius 3 is 2.32 bits per heavy atom. The zero-order valence-corrected chi connectivity index (χ0v) is 10.8. The normalized spacial score (nSPS) is 18.6. The fourth-order valence-electron chi connectivity index (χ4n) is 1.65. The number of urea groups is 1. The van der Waals surface area contributed by atoms with Gasteiger partial charge < -0.3 is 21.1 Å². The monoisotopic (exact) mass is 273 g/mol. The van der Waals surface area contributed by atoms with E-state index >= 15 is 0 Å². The van der Waals surface area contributed by atoms with Crippen LogP contribution in [0.5, 0.6) is 0 Å². The highest BCUT2D eigenvalue weighted by molar-refractivity contribution is 5.87. The number of piperazine rings is 1. The molecule has 1 aliphatic heterocycles. The summed E-state index contributed by atoms with van der Waals surface area (Å²) in [5.41, 5.74) is 7.46. The van der Waals surface area contributed by atoms with Crippen molar-refractivity contribution in [3.05, 3.63) is 0 Å². The lowest BCUT2D eigenvalue weighted by molar-refractivity contribution is -0.140. The zero-order chi connectivity index (χ0) is 14.4. The molecule has 0 spiro atoms. The number of primary amides is 1. The largest absolute Gasteiger partial charge is 0.480 e. The molecule has 9 nitrogen and oxygen atoms in total. The molecule has 108 valence electrons. The molecular formula is C10H19N5O4. The van der Waals surface area contributed by atoms with Crippen LogP contribution in [-0.4, -0.2) is 72.2 Å². The van der Waals surface area contributed by atoms with Gasteiger partial charge in [-0.1, -0.05) is 0 Å². The van der Waals surface area contributed by atoms with Gasteiger partial charge in [-0.3, -0.25) is 10.2 Å². The number of hydrazine groups is 1. The average Bonchev–Trinajstić information content (AvgIpc) is 2.30. The summed E-state index contributed by atoms with van der Waals surface area (Å²) in [6, 6.07) is -1.97. The van der Waals surface area contributed by atoms with Gasteiger partial charge in [-0.05, 0) is 7.05 Å². The molecule has 19 heavy (non-hydrogen) atoms. The van der Waals surface area contributed by atoms with E-state index in [1.807, 2.05) is 7.05 Å². The molecular weight excluding hydrogens is 254 g/mol. The fraction of sp³-hybridized carbons (Fsp3) is 0.700. The highest BCUT2D eigenvalue weighted by Gasteiger charge is 2.23. The Morgan fingerprint density at radius 2 is 1.84 bits per heavy atom. The maximum Gasteiger partial charge on any atom is 0.330 e. The van der Waals surface area contributed by atoms with E-state index in [0.29, 0.717) is 13.1 Å². The van der Waals surface area contributed by atoms with Crippen molar-refractivity contribution in [1.82, 2.24) is 20.7 Å². The molecule has 1 heterocycles. The molecule has 5 N–H and O–H groups in total. The molecule has 0 aliphatic carbocycles. The number of hydrogen-bond donors (Lipinski definition) is 4. The molecule has 0 radical (unpaired) electrons. The first-order valence-corrected chi connectivity index (χ1v) is 5.90. The number of aliphatic carboxylic acids is 1. The van der Waals surface area contributed by atoms with Gasteiger partial charge in [0.25, 0.3) is 0 Å². The molecule has 0 saturated carbocycles. The van der Waals surface area contributed by atoms with Crippen LogP contribution in [0.2, 0.25) is 0 Å². The summed E-state index contributed by atoms with van der Waals surface area (Å²) in [5.74, 6) is -2.08. The molecule has 1 atom stereocenters. The lowest BCUT2D eigenvalue weighted by atomic mass is 10.2. The summed E-state index contributed by atoms with van der Waals surface area (Å²) >= 11 is 0. The first-order valence-electron chi connectivity index (χ1n) is 5.90. The number of rotatable bonds is 5. The Labute approximate surface area is 110 Å². The smallest absolute Gasteiger partial charge is 0.330 e. The van der Waals surface area contributed by atoms with Gasteiger partial charge in [-0.2, -0.15) is 0 Å². The Morgan fingerprint density at radius 1 is 1.26 bits per heavy atom. The van der Waals surface area contributed by atoms with Crippen LogP contribution in [0.3, 0.4) is 0 Å². The predicted molar refractivity (Wildman–Crippen MR) is 66.0 cm³/mol. The first-order chi connectivity index (χ1) is 8.88. The van der Waals surface area contributed by atoms with Crippen LogP contribution >= 0.6 is 0 Å². The number of carbonyl (C=O) groups is 3. The lowest BCUT2D eigenvalue weighted by Crippen LogP contribution is -2.57. The second-order valence-corrected chi connectivity index (χ2v) is 4.44. The Kier molecular flexibility index (Phi) is 5.52. The van der Waals surface area contributed by atoms with E-state index in [0.717, 1.165) is 13.1 Å². The van der Waals surface area contributed by atoms with E-state index in [4.69, 9.17) is 10.8 Å².